The normalized spacial score (nSPS) is 12.1. The lowest BCUT2D eigenvalue weighted by molar-refractivity contribution is -0.143. The predicted octanol–water partition coefficient (Wildman–Crippen LogP) is 7.81. The van der Waals surface area contributed by atoms with E-state index in [9.17, 15) is 26.3 Å². The molecule has 0 fully saturated rings. The van der Waals surface area contributed by atoms with Crippen molar-refractivity contribution in [2.45, 2.75) is 18.9 Å². The highest BCUT2D eigenvalue weighted by molar-refractivity contribution is 6.33. The average Bonchev–Trinajstić information content (AvgIpc) is 3.31. The van der Waals surface area contributed by atoms with Crippen LogP contribution < -0.4 is 0 Å². The highest BCUT2D eigenvalue weighted by Gasteiger charge is 2.37. The Bertz CT molecular complexity index is 1600. The van der Waals surface area contributed by atoms with Crippen LogP contribution in [0.1, 0.15) is 16.7 Å². The fourth-order valence-electron chi connectivity index (χ4n) is 4.15. The quantitative estimate of drug-likeness (QED) is 0.206. The molecule has 0 aliphatic carbocycles. The minimum Gasteiger partial charge on any atom is -0.265 e. The van der Waals surface area contributed by atoms with E-state index in [4.69, 9.17) is 11.6 Å². The van der Waals surface area contributed by atoms with Crippen LogP contribution in [-0.4, -0.2) is 25.0 Å². The van der Waals surface area contributed by atoms with E-state index in [1.165, 1.54) is 23.3 Å². The van der Waals surface area contributed by atoms with Gasteiger partial charge >= 0.3 is 12.4 Å². The molecule has 2 aromatic carbocycles. The molecule has 39 heavy (non-hydrogen) atoms. The third kappa shape index (κ3) is 5.49. The first-order chi connectivity index (χ1) is 18.5. The third-order valence-electron chi connectivity index (χ3n) is 5.86. The van der Waals surface area contributed by atoms with Gasteiger partial charge in [-0.1, -0.05) is 41.1 Å². The first-order valence-electron chi connectivity index (χ1n) is 11.3. The van der Waals surface area contributed by atoms with Crippen molar-refractivity contribution >= 4 is 11.6 Å². The van der Waals surface area contributed by atoms with Gasteiger partial charge in [0.1, 0.15) is 11.4 Å². The maximum atomic E-state index is 13.5. The highest BCUT2D eigenvalue weighted by atomic mass is 35.5. The summed E-state index contributed by atoms with van der Waals surface area (Å²) in [6, 6.07) is 15.2. The molecule has 5 nitrogen and oxygen atoms in total. The van der Waals surface area contributed by atoms with Crippen LogP contribution in [0.15, 0.2) is 85.3 Å². The molecule has 0 unspecified atom stereocenters. The summed E-state index contributed by atoms with van der Waals surface area (Å²) in [6.45, 7) is -0.425. The van der Waals surface area contributed by atoms with Gasteiger partial charge in [0.15, 0.2) is 0 Å². The summed E-state index contributed by atoms with van der Waals surface area (Å²) in [5.74, 6) is 0. The fraction of sp³-hybridized carbons (Fsp3) is 0.111. The van der Waals surface area contributed by atoms with Gasteiger partial charge < -0.3 is 0 Å². The molecule has 0 bridgehead atoms. The summed E-state index contributed by atoms with van der Waals surface area (Å²) in [5.41, 5.74) is -0.305. The Kier molecular flexibility index (Phi) is 6.85. The van der Waals surface area contributed by atoms with Gasteiger partial charge in [-0.25, -0.2) is 4.68 Å². The lowest BCUT2D eigenvalue weighted by atomic mass is 9.99. The van der Waals surface area contributed by atoms with Crippen molar-refractivity contribution in [2.24, 2.45) is 0 Å². The molecule has 3 heterocycles. The van der Waals surface area contributed by atoms with Crippen molar-refractivity contribution in [3.8, 4) is 33.8 Å². The Morgan fingerprint density at radius 3 is 2.00 bits per heavy atom. The largest absolute Gasteiger partial charge is 0.416 e. The van der Waals surface area contributed by atoms with Crippen molar-refractivity contribution in [3.63, 3.8) is 0 Å². The van der Waals surface area contributed by atoms with Crippen LogP contribution in [0.3, 0.4) is 0 Å². The van der Waals surface area contributed by atoms with Crippen LogP contribution in [0.25, 0.3) is 33.8 Å². The Balaban J connectivity index is 1.69. The van der Waals surface area contributed by atoms with Crippen molar-refractivity contribution < 1.29 is 26.3 Å². The van der Waals surface area contributed by atoms with Crippen molar-refractivity contribution in [3.05, 3.63) is 107 Å². The number of alkyl halides is 6. The van der Waals surface area contributed by atoms with Gasteiger partial charge in [-0.3, -0.25) is 9.97 Å². The van der Waals surface area contributed by atoms with E-state index in [0.717, 1.165) is 0 Å². The molecule has 0 atom stereocenters. The van der Waals surface area contributed by atoms with E-state index in [2.05, 4.69) is 20.3 Å². The van der Waals surface area contributed by atoms with Gasteiger partial charge in [0.2, 0.25) is 0 Å². The molecule has 0 saturated carbocycles. The summed E-state index contributed by atoms with van der Waals surface area (Å²) >= 11 is 6.43. The second-order valence-electron chi connectivity index (χ2n) is 8.47. The van der Waals surface area contributed by atoms with Gasteiger partial charge in [0.05, 0.1) is 23.4 Å². The summed E-state index contributed by atoms with van der Waals surface area (Å²) in [7, 11) is 0. The number of nitrogens with zero attached hydrogens (tertiary/aromatic N) is 5. The molecule has 12 heteroatoms. The Morgan fingerprint density at radius 1 is 0.718 bits per heavy atom. The summed E-state index contributed by atoms with van der Waals surface area (Å²) in [4.78, 5) is 8.47. The monoisotopic (exact) mass is 559 g/mol. The minimum atomic E-state index is -4.98. The molecule has 0 aliphatic rings. The second-order valence-corrected chi connectivity index (χ2v) is 8.88. The Labute approximate surface area is 222 Å². The van der Waals surface area contributed by atoms with Crippen LogP contribution in [0.4, 0.5) is 26.3 Å². The minimum absolute atomic E-state index is 0.0871. The third-order valence-corrected chi connectivity index (χ3v) is 6.19. The number of rotatable bonds is 5. The van der Waals surface area contributed by atoms with E-state index in [-0.39, 0.29) is 17.3 Å². The van der Waals surface area contributed by atoms with E-state index in [1.54, 1.807) is 48.5 Å². The molecule has 0 saturated heterocycles. The van der Waals surface area contributed by atoms with E-state index in [1.807, 2.05) is 0 Å². The second kappa shape index (κ2) is 10.1. The standard InChI is InChI=1S/C27H16ClF6N5/c28-22-6-2-1-4-20(22)21-5-3-9-36-23(21)24-25(17-7-10-35-11-8-17)39(38-37-24)15-16-12-18(26(29,30)31)14-19(13-16)27(32,33)34/h1-14H,15H2. The average molecular weight is 560 g/mol. The fourth-order valence-corrected chi connectivity index (χ4v) is 4.39. The molecule has 0 radical (unpaired) electrons. The predicted molar refractivity (Wildman–Crippen MR) is 132 cm³/mol. The smallest absolute Gasteiger partial charge is 0.265 e. The van der Waals surface area contributed by atoms with Crippen LogP contribution in [0.5, 0.6) is 0 Å². The molecule has 3 aromatic heterocycles. The zero-order chi connectivity index (χ0) is 27.8. The van der Waals surface area contributed by atoms with E-state index in [0.29, 0.717) is 45.2 Å². The number of benzene rings is 2. The van der Waals surface area contributed by atoms with Crippen molar-refractivity contribution in [2.75, 3.05) is 0 Å². The van der Waals surface area contributed by atoms with Crippen LogP contribution in [0.2, 0.25) is 5.02 Å². The van der Waals surface area contributed by atoms with Crippen LogP contribution in [-0.2, 0) is 18.9 Å². The van der Waals surface area contributed by atoms with E-state index >= 15 is 0 Å². The number of halogens is 7. The summed E-state index contributed by atoms with van der Waals surface area (Å²) < 4.78 is 82.0. The van der Waals surface area contributed by atoms with E-state index < -0.39 is 30.0 Å². The molecule has 5 aromatic rings. The van der Waals surface area contributed by atoms with Gasteiger partial charge in [-0.15, -0.1) is 5.10 Å². The molecular weight excluding hydrogens is 544 g/mol. The van der Waals surface area contributed by atoms with Gasteiger partial charge in [-0.2, -0.15) is 26.3 Å². The Hall–Kier alpha value is -4.25. The van der Waals surface area contributed by atoms with Gasteiger partial charge in [0.25, 0.3) is 0 Å². The molecule has 0 N–H and O–H groups in total. The molecule has 198 valence electrons. The zero-order valence-electron chi connectivity index (χ0n) is 19.7. The first kappa shape index (κ1) is 26.4. The van der Waals surface area contributed by atoms with Gasteiger partial charge in [0, 0.05) is 40.3 Å². The lowest BCUT2D eigenvalue weighted by Gasteiger charge is -2.15. The van der Waals surface area contributed by atoms with Crippen LogP contribution in [0, 0.1) is 0 Å². The summed E-state index contributed by atoms with van der Waals surface area (Å²) in [5, 5.41) is 8.83. The molecule has 0 aliphatic heterocycles. The van der Waals surface area contributed by atoms with Crippen LogP contribution >= 0.6 is 11.6 Å². The zero-order valence-corrected chi connectivity index (χ0v) is 20.4. The number of aromatic nitrogens is 5. The first-order valence-corrected chi connectivity index (χ1v) is 11.7. The SMILES string of the molecule is FC(F)(F)c1cc(Cn2nnc(-c3ncccc3-c3ccccc3Cl)c2-c2ccncc2)cc(C(F)(F)F)c1. The molecule has 0 spiro atoms. The maximum absolute atomic E-state index is 13.5. The molecule has 0 amide bonds. The number of pyridine rings is 2. The Morgan fingerprint density at radius 2 is 1.36 bits per heavy atom. The maximum Gasteiger partial charge on any atom is 0.416 e. The molecule has 5 rings (SSSR count). The lowest BCUT2D eigenvalue weighted by Crippen LogP contribution is -2.13. The summed E-state index contributed by atoms with van der Waals surface area (Å²) in [6.07, 6.45) is -5.43. The van der Waals surface area contributed by atoms with Crippen molar-refractivity contribution in [1.82, 2.24) is 25.0 Å². The van der Waals surface area contributed by atoms with Crippen molar-refractivity contribution in [1.29, 1.82) is 0 Å². The topological polar surface area (TPSA) is 56.5 Å². The highest BCUT2D eigenvalue weighted by Crippen LogP contribution is 2.39. The number of hydrogen-bond donors (Lipinski definition) is 0. The van der Waals surface area contributed by atoms with Gasteiger partial charge in [-0.05, 0) is 48.0 Å². The molecular formula is C27H16ClF6N5. The number of hydrogen-bond acceptors (Lipinski definition) is 4.